The summed E-state index contributed by atoms with van der Waals surface area (Å²) in [6, 6.07) is 5.88. The van der Waals surface area contributed by atoms with E-state index in [0.717, 1.165) is 33.1 Å². The third-order valence-electron chi connectivity index (χ3n) is 3.21. The summed E-state index contributed by atoms with van der Waals surface area (Å²) in [5.41, 5.74) is 2.14. The topological polar surface area (TPSA) is 68.0 Å². The molecule has 1 aliphatic heterocycles. The number of ether oxygens (including phenoxy) is 2. The molecule has 0 fully saturated rings. The number of nitrogens with zero attached hydrogens (tertiary/aromatic N) is 1. The van der Waals surface area contributed by atoms with Gasteiger partial charge in [-0.3, -0.25) is 4.99 Å². The van der Waals surface area contributed by atoms with E-state index in [1.54, 1.807) is 19.6 Å². The average molecular weight is 494 g/mol. The third-order valence-corrected chi connectivity index (χ3v) is 3.80. The van der Waals surface area contributed by atoms with Crippen LogP contribution in [0.5, 0.6) is 11.5 Å². The molecule has 2 aromatic rings. The van der Waals surface area contributed by atoms with Crippen LogP contribution in [0.2, 0.25) is 0 Å². The van der Waals surface area contributed by atoms with Crippen LogP contribution in [0.3, 0.4) is 0 Å². The Balaban J connectivity index is 0.00000192. The van der Waals surface area contributed by atoms with Crippen LogP contribution in [0, 0.1) is 0 Å². The molecular weight excluding hydrogens is 477 g/mol. The summed E-state index contributed by atoms with van der Waals surface area (Å²) in [6.45, 7) is 1.54. The first-order valence-electron chi connectivity index (χ1n) is 6.80. The highest BCUT2D eigenvalue weighted by Crippen LogP contribution is 2.39. The molecule has 3 rings (SSSR count). The summed E-state index contributed by atoms with van der Waals surface area (Å²) in [5, 5.41) is 6.48. The Morgan fingerprint density at radius 1 is 1.22 bits per heavy atom. The van der Waals surface area contributed by atoms with Crippen LogP contribution in [-0.2, 0) is 13.1 Å². The van der Waals surface area contributed by atoms with E-state index in [4.69, 9.17) is 13.9 Å². The Bertz CT molecular complexity index is 677. The second-order valence-corrected chi connectivity index (χ2v) is 5.58. The van der Waals surface area contributed by atoms with Crippen LogP contribution in [-0.4, -0.2) is 19.8 Å². The fourth-order valence-electron chi connectivity index (χ4n) is 2.11. The zero-order valence-corrected chi connectivity index (χ0v) is 16.4. The van der Waals surface area contributed by atoms with Crippen LogP contribution in [0.15, 0.2) is 44.6 Å². The predicted molar refractivity (Wildman–Crippen MR) is 101 cm³/mol. The molecule has 0 radical (unpaired) electrons. The maximum Gasteiger partial charge on any atom is 0.231 e. The van der Waals surface area contributed by atoms with Crippen molar-refractivity contribution < 1.29 is 13.9 Å². The van der Waals surface area contributed by atoms with E-state index < -0.39 is 0 Å². The molecule has 2 heterocycles. The van der Waals surface area contributed by atoms with Gasteiger partial charge in [0.05, 0.1) is 17.0 Å². The van der Waals surface area contributed by atoms with Crippen LogP contribution < -0.4 is 20.1 Å². The minimum Gasteiger partial charge on any atom is -0.472 e. The number of rotatable bonds is 4. The summed E-state index contributed by atoms with van der Waals surface area (Å²) in [6.07, 6.45) is 3.35. The Morgan fingerprint density at radius 2 is 2.00 bits per heavy atom. The van der Waals surface area contributed by atoms with E-state index in [0.29, 0.717) is 13.1 Å². The number of furan rings is 1. The Labute approximate surface area is 159 Å². The maximum atomic E-state index is 5.41. The van der Waals surface area contributed by atoms with E-state index in [1.807, 2.05) is 18.2 Å². The lowest BCUT2D eigenvalue weighted by Gasteiger charge is -2.12. The van der Waals surface area contributed by atoms with Crippen molar-refractivity contribution in [3.63, 3.8) is 0 Å². The van der Waals surface area contributed by atoms with E-state index in [-0.39, 0.29) is 30.8 Å². The largest absolute Gasteiger partial charge is 0.472 e. The summed E-state index contributed by atoms with van der Waals surface area (Å²) >= 11 is 3.49. The van der Waals surface area contributed by atoms with Crippen molar-refractivity contribution in [1.82, 2.24) is 10.6 Å². The van der Waals surface area contributed by atoms with E-state index >= 15 is 0 Å². The summed E-state index contributed by atoms with van der Waals surface area (Å²) < 4.78 is 16.7. The molecule has 0 saturated heterocycles. The highest BCUT2D eigenvalue weighted by molar-refractivity contribution is 14.0. The lowest BCUT2D eigenvalue weighted by atomic mass is 10.2. The van der Waals surface area contributed by atoms with Crippen molar-refractivity contribution in [3.05, 3.63) is 46.3 Å². The molecule has 0 aliphatic carbocycles. The summed E-state index contributed by atoms with van der Waals surface area (Å²) in [7, 11) is 1.74. The smallest absolute Gasteiger partial charge is 0.231 e. The van der Waals surface area contributed by atoms with Crippen molar-refractivity contribution in [2.75, 3.05) is 13.8 Å². The number of nitrogens with one attached hydrogen (secondary N) is 2. The van der Waals surface area contributed by atoms with Crippen LogP contribution >= 0.6 is 39.9 Å². The highest BCUT2D eigenvalue weighted by Gasteiger charge is 2.17. The first kappa shape index (κ1) is 17.9. The van der Waals surface area contributed by atoms with Gasteiger partial charge in [0.1, 0.15) is 0 Å². The van der Waals surface area contributed by atoms with Gasteiger partial charge in [-0.15, -0.1) is 24.0 Å². The van der Waals surface area contributed by atoms with Gasteiger partial charge in [-0.2, -0.15) is 0 Å². The van der Waals surface area contributed by atoms with Crippen molar-refractivity contribution in [2.24, 2.45) is 4.99 Å². The van der Waals surface area contributed by atoms with Crippen molar-refractivity contribution in [1.29, 1.82) is 0 Å². The standard InChI is InChI=1S/C15H16BrN3O3.HI/c1-17-15(18-6-10-2-3-20-8-10)19-7-11-4-12(16)14-13(5-11)21-9-22-14;/h2-5,8H,6-7,9H2,1H3,(H2,17,18,19);1H. The molecule has 1 aromatic carbocycles. The molecule has 0 amide bonds. The molecular formula is C15H17BrIN3O3. The summed E-state index contributed by atoms with van der Waals surface area (Å²) in [5.74, 6) is 2.23. The molecule has 0 unspecified atom stereocenters. The molecule has 6 nitrogen and oxygen atoms in total. The third kappa shape index (κ3) is 4.54. The minimum atomic E-state index is 0. The van der Waals surface area contributed by atoms with Gasteiger partial charge in [-0.05, 0) is 39.7 Å². The fraction of sp³-hybridized carbons (Fsp3) is 0.267. The van der Waals surface area contributed by atoms with Gasteiger partial charge in [0.2, 0.25) is 6.79 Å². The molecule has 1 aromatic heterocycles. The van der Waals surface area contributed by atoms with Crippen molar-refractivity contribution >= 4 is 45.9 Å². The minimum absolute atomic E-state index is 0. The Hall–Kier alpha value is -1.42. The lowest BCUT2D eigenvalue weighted by Crippen LogP contribution is -2.36. The summed E-state index contributed by atoms with van der Waals surface area (Å²) in [4.78, 5) is 4.19. The van der Waals surface area contributed by atoms with Crippen LogP contribution in [0.1, 0.15) is 11.1 Å². The maximum absolute atomic E-state index is 5.41. The van der Waals surface area contributed by atoms with E-state index in [2.05, 4.69) is 31.6 Å². The molecule has 23 heavy (non-hydrogen) atoms. The number of guanidine groups is 1. The molecule has 124 valence electrons. The number of hydrogen-bond acceptors (Lipinski definition) is 4. The molecule has 0 atom stereocenters. The number of halogens is 2. The van der Waals surface area contributed by atoms with Gasteiger partial charge < -0.3 is 24.5 Å². The number of hydrogen-bond donors (Lipinski definition) is 2. The van der Waals surface area contributed by atoms with Gasteiger partial charge in [-0.1, -0.05) is 0 Å². The highest BCUT2D eigenvalue weighted by atomic mass is 127. The van der Waals surface area contributed by atoms with Gasteiger partial charge >= 0.3 is 0 Å². The quantitative estimate of drug-likeness (QED) is 0.389. The molecule has 1 aliphatic rings. The Kier molecular flexibility index (Phi) is 6.58. The van der Waals surface area contributed by atoms with Gasteiger partial charge in [0, 0.05) is 25.7 Å². The monoisotopic (exact) mass is 493 g/mol. The number of fused-ring (bicyclic) bond motifs is 1. The van der Waals surface area contributed by atoms with Crippen LogP contribution in [0.4, 0.5) is 0 Å². The van der Waals surface area contributed by atoms with E-state index in [9.17, 15) is 0 Å². The van der Waals surface area contributed by atoms with Crippen LogP contribution in [0.25, 0.3) is 0 Å². The number of aliphatic imine (C=N–C) groups is 1. The second kappa shape index (κ2) is 8.44. The second-order valence-electron chi connectivity index (χ2n) is 4.72. The molecule has 8 heteroatoms. The fourth-order valence-corrected chi connectivity index (χ4v) is 2.71. The number of benzene rings is 1. The lowest BCUT2D eigenvalue weighted by molar-refractivity contribution is 0.173. The SMILES string of the molecule is CN=C(NCc1ccoc1)NCc1cc(Br)c2c(c1)OCO2.I. The average Bonchev–Trinajstić information content (AvgIpc) is 3.18. The zero-order valence-electron chi connectivity index (χ0n) is 12.5. The van der Waals surface area contributed by atoms with Gasteiger partial charge in [-0.25, -0.2) is 0 Å². The van der Waals surface area contributed by atoms with Crippen molar-refractivity contribution in [2.45, 2.75) is 13.1 Å². The zero-order chi connectivity index (χ0) is 15.4. The first-order valence-corrected chi connectivity index (χ1v) is 7.59. The van der Waals surface area contributed by atoms with Gasteiger partial charge in [0.15, 0.2) is 17.5 Å². The van der Waals surface area contributed by atoms with Gasteiger partial charge in [0.25, 0.3) is 0 Å². The normalized spacial score (nSPS) is 12.7. The Morgan fingerprint density at radius 3 is 2.70 bits per heavy atom. The van der Waals surface area contributed by atoms with E-state index in [1.165, 1.54) is 0 Å². The predicted octanol–water partition coefficient (Wildman–Crippen LogP) is 3.25. The molecule has 0 saturated carbocycles. The first-order chi connectivity index (χ1) is 10.8. The molecule has 2 N–H and O–H groups in total. The molecule has 0 bridgehead atoms. The van der Waals surface area contributed by atoms with Crippen molar-refractivity contribution in [3.8, 4) is 11.5 Å². The molecule has 0 spiro atoms.